The van der Waals surface area contributed by atoms with Crippen molar-refractivity contribution in [2.45, 2.75) is 19.3 Å². The lowest BCUT2D eigenvalue weighted by molar-refractivity contribution is -0.119. The molecule has 2 nitrogen and oxygen atoms in total. The monoisotopic (exact) mass is 275 g/mol. The van der Waals surface area contributed by atoms with Gasteiger partial charge in [-0.05, 0) is 17.7 Å². The first-order chi connectivity index (χ1) is 10.2. The number of hydrogen-bond acceptors (Lipinski definition) is 2. The van der Waals surface area contributed by atoms with Gasteiger partial charge in [0.05, 0.1) is 5.52 Å². The van der Waals surface area contributed by atoms with Crippen molar-refractivity contribution in [1.29, 1.82) is 0 Å². The third-order valence-electron chi connectivity index (χ3n) is 3.79. The van der Waals surface area contributed by atoms with E-state index in [2.05, 4.69) is 4.98 Å². The fraction of sp³-hybridized carbons (Fsp3) is 0.158. The average molecular weight is 275 g/mol. The van der Waals surface area contributed by atoms with Crippen molar-refractivity contribution in [2.75, 3.05) is 0 Å². The highest BCUT2D eigenvalue weighted by Crippen LogP contribution is 2.18. The largest absolute Gasteiger partial charge is 0.299 e. The van der Waals surface area contributed by atoms with Crippen LogP contribution in [0.2, 0.25) is 0 Å². The van der Waals surface area contributed by atoms with E-state index >= 15 is 0 Å². The number of nitrogens with zero attached hydrogens (tertiary/aromatic N) is 1. The highest BCUT2D eigenvalue weighted by molar-refractivity contribution is 5.87. The molecule has 21 heavy (non-hydrogen) atoms. The van der Waals surface area contributed by atoms with E-state index in [1.807, 2.05) is 73.7 Å². The van der Waals surface area contributed by atoms with Crippen LogP contribution in [-0.4, -0.2) is 10.8 Å². The van der Waals surface area contributed by atoms with Crippen LogP contribution in [0.5, 0.6) is 0 Å². The Morgan fingerprint density at radius 1 is 0.952 bits per heavy atom. The van der Waals surface area contributed by atoms with Crippen LogP contribution in [0.4, 0.5) is 0 Å². The molecule has 0 spiro atoms. The van der Waals surface area contributed by atoms with Gasteiger partial charge in [-0.1, -0.05) is 61.5 Å². The van der Waals surface area contributed by atoms with Crippen LogP contribution in [0.3, 0.4) is 0 Å². The molecule has 1 atom stereocenters. The Labute approximate surface area is 124 Å². The van der Waals surface area contributed by atoms with Crippen LogP contribution in [0, 0.1) is 0 Å². The Morgan fingerprint density at radius 2 is 1.67 bits per heavy atom. The summed E-state index contributed by atoms with van der Waals surface area (Å²) < 4.78 is 0. The van der Waals surface area contributed by atoms with Crippen LogP contribution in [0.15, 0.2) is 66.7 Å². The highest BCUT2D eigenvalue weighted by Gasteiger charge is 2.15. The maximum absolute atomic E-state index is 12.4. The second-order valence-corrected chi connectivity index (χ2v) is 5.27. The van der Waals surface area contributed by atoms with Gasteiger partial charge in [-0.25, -0.2) is 0 Å². The zero-order valence-electron chi connectivity index (χ0n) is 12.0. The fourth-order valence-electron chi connectivity index (χ4n) is 2.47. The van der Waals surface area contributed by atoms with Gasteiger partial charge in [0, 0.05) is 23.4 Å². The van der Waals surface area contributed by atoms with E-state index in [4.69, 9.17) is 0 Å². The van der Waals surface area contributed by atoms with Gasteiger partial charge in [0.25, 0.3) is 0 Å². The first-order valence-electron chi connectivity index (χ1n) is 7.16. The predicted molar refractivity (Wildman–Crippen MR) is 85.3 cm³/mol. The first-order valence-corrected chi connectivity index (χ1v) is 7.16. The SMILES string of the molecule is CC(C(=O)Cc1ccc2ccccc2n1)c1ccccc1. The zero-order chi connectivity index (χ0) is 14.7. The minimum absolute atomic E-state index is 0.0977. The zero-order valence-corrected chi connectivity index (χ0v) is 12.0. The van der Waals surface area contributed by atoms with Crippen molar-refractivity contribution in [3.05, 3.63) is 78.0 Å². The summed E-state index contributed by atoms with van der Waals surface area (Å²) in [6.45, 7) is 1.96. The van der Waals surface area contributed by atoms with Gasteiger partial charge in [0.15, 0.2) is 0 Å². The van der Waals surface area contributed by atoms with Crippen molar-refractivity contribution >= 4 is 16.7 Å². The number of carbonyl (C=O) groups is 1. The van der Waals surface area contributed by atoms with E-state index in [0.717, 1.165) is 22.2 Å². The molecule has 0 aliphatic carbocycles. The van der Waals surface area contributed by atoms with Gasteiger partial charge in [-0.2, -0.15) is 0 Å². The van der Waals surface area contributed by atoms with Crippen LogP contribution >= 0.6 is 0 Å². The van der Waals surface area contributed by atoms with Crippen molar-refractivity contribution in [3.63, 3.8) is 0 Å². The van der Waals surface area contributed by atoms with Crippen LogP contribution in [-0.2, 0) is 11.2 Å². The summed E-state index contributed by atoms with van der Waals surface area (Å²) >= 11 is 0. The quantitative estimate of drug-likeness (QED) is 0.716. The maximum Gasteiger partial charge on any atom is 0.145 e. The average Bonchev–Trinajstić information content (AvgIpc) is 2.55. The summed E-state index contributed by atoms with van der Waals surface area (Å²) in [5, 5.41) is 1.10. The lowest BCUT2D eigenvalue weighted by atomic mass is 9.94. The van der Waals surface area contributed by atoms with Gasteiger partial charge < -0.3 is 0 Å². The molecule has 0 saturated carbocycles. The molecular weight excluding hydrogens is 258 g/mol. The van der Waals surface area contributed by atoms with Gasteiger partial charge in [0.2, 0.25) is 0 Å². The first kappa shape index (κ1) is 13.5. The number of pyridine rings is 1. The van der Waals surface area contributed by atoms with Crippen LogP contribution < -0.4 is 0 Å². The fourth-order valence-corrected chi connectivity index (χ4v) is 2.47. The van der Waals surface area contributed by atoms with Crippen molar-refractivity contribution in [1.82, 2.24) is 4.98 Å². The molecule has 3 aromatic rings. The molecule has 0 radical (unpaired) electrons. The molecule has 2 heteroatoms. The molecule has 0 amide bonds. The van der Waals surface area contributed by atoms with E-state index in [-0.39, 0.29) is 11.7 Å². The molecular formula is C19H17NO. The number of ketones is 1. The Kier molecular flexibility index (Phi) is 3.78. The molecule has 0 N–H and O–H groups in total. The normalized spacial score (nSPS) is 12.2. The van der Waals surface area contributed by atoms with Crippen LogP contribution in [0.1, 0.15) is 24.1 Å². The molecule has 1 unspecified atom stereocenters. The lowest BCUT2D eigenvalue weighted by Crippen LogP contribution is -2.12. The van der Waals surface area contributed by atoms with Crippen molar-refractivity contribution < 1.29 is 4.79 Å². The number of Topliss-reactive ketones (excluding diaryl/α,β-unsaturated/α-hetero) is 1. The molecule has 1 heterocycles. The molecule has 2 aromatic carbocycles. The maximum atomic E-state index is 12.4. The number of rotatable bonds is 4. The molecule has 0 saturated heterocycles. The molecule has 0 aliphatic rings. The van der Waals surface area contributed by atoms with Gasteiger partial charge in [-0.15, -0.1) is 0 Å². The lowest BCUT2D eigenvalue weighted by Gasteiger charge is -2.10. The Balaban J connectivity index is 1.80. The summed E-state index contributed by atoms with van der Waals surface area (Å²) in [4.78, 5) is 17.0. The minimum Gasteiger partial charge on any atom is -0.299 e. The van der Waals surface area contributed by atoms with E-state index in [1.54, 1.807) is 0 Å². The standard InChI is InChI=1S/C19H17NO/c1-14(15-7-3-2-4-8-15)19(21)13-17-12-11-16-9-5-6-10-18(16)20-17/h2-12,14H,13H2,1H3. The topological polar surface area (TPSA) is 30.0 Å². The van der Waals surface area contributed by atoms with E-state index in [9.17, 15) is 4.79 Å². The summed E-state index contributed by atoms with van der Waals surface area (Å²) in [6.07, 6.45) is 0.376. The molecule has 3 rings (SSSR count). The highest BCUT2D eigenvalue weighted by atomic mass is 16.1. The number of benzene rings is 2. The number of carbonyl (C=O) groups excluding carboxylic acids is 1. The van der Waals surface area contributed by atoms with E-state index in [1.165, 1.54) is 0 Å². The summed E-state index contributed by atoms with van der Waals surface area (Å²) in [6, 6.07) is 21.8. The summed E-state index contributed by atoms with van der Waals surface area (Å²) in [5.74, 6) is 0.100. The van der Waals surface area contributed by atoms with E-state index in [0.29, 0.717) is 6.42 Å². The summed E-state index contributed by atoms with van der Waals surface area (Å²) in [5.41, 5.74) is 2.83. The Morgan fingerprint density at radius 3 is 2.48 bits per heavy atom. The Hall–Kier alpha value is -2.48. The number of fused-ring (bicyclic) bond motifs is 1. The molecule has 1 aromatic heterocycles. The van der Waals surface area contributed by atoms with Gasteiger partial charge >= 0.3 is 0 Å². The third-order valence-corrected chi connectivity index (χ3v) is 3.79. The molecule has 104 valence electrons. The predicted octanol–water partition coefficient (Wildman–Crippen LogP) is 4.15. The second-order valence-electron chi connectivity index (χ2n) is 5.27. The van der Waals surface area contributed by atoms with Crippen molar-refractivity contribution in [3.8, 4) is 0 Å². The van der Waals surface area contributed by atoms with Crippen LogP contribution in [0.25, 0.3) is 10.9 Å². The second kappa shape index (κ2) is 5.88. The summed E-state index contributed by atoms with van der Waals surface area (Å²) in [7, 11) is 0. The third kappa shape index (κ3) is 3.00. The molecule has 0 bridgehead atoms. The number of para-hydroxylation sites is 1. The number of hydrogen-bond donors (Lipinski definition) is 0. The van der Waals surface area contributed by atoms with Crippen molar-refractivity contribution in [2.24, 2.45) is 0 Å². The number of aromatic nitrogens is 1. The molecule has 0 aliphatic heterocycles. The Bertz CT molecular complexity index is 765. The van der Waals surface area contributed by atoms with E-state index < -0.39 is 0 Å². The van der Waals surface area contributed by atoms with Gasteiger partial charge in [-0.3, -0.25) is 9.78 Å². The minimum atomic E-state index is -0.0977. The molecule has 0 fully saturated rings. The van der Waals surface area contributed by atoms with Gasteiger partial charge in [0.1, 0.15) is 5.78 Å². The smallest absolute Gasteiger partial charge is 0.145 e.